The number of rotatable bonds is 8. The first-order valence-corrected chi connectivity index (χ1v) is 6.75. The molecule has 1 rings (SSSR count). The molecule has 0 fully saturated rings. The van der Waals surface area contributed by atoms with E-state index in [9.17, 15) is 9.59 Å². The standard InChI is InChI=1S/C12H18N2O4S/c1-9-2-3-10(19-9)12(17)14-8-11(16)13-4-6-18-7-5-15/h2-3,15H,4-8H2,1H3,(H,13,16)(H,14,17). The van der Waals surface area contributed by atoms with Crippen molar-refractivity contribution >= 4 is 23.2 Å². The van der Waals surface area contributed by atoms with Gasteiger partial charge in [-0.05, 0) is 19.1 Å². The van der Waals surface area contributed by atoms with E-state index in [1.165, 1.54) is 11.3 Å². The van der Waals surface area contributed by atoms with Gasteiger partial charge in [-0.1, -0.05) is 0 Å². The highest BCUT2D eigenvalue weighted by atomic mass is 32.1. The van der Waals surface area contributed by atoms with Crippen LogP contribution in [0.5, 0.6) is 0 Å². The molecule has 6 nitrogen and oxygen atoms in total. The van der Waals surface area contributed by atoms with Gasteiger partial charge in [-0.15, -0.1) is 11.3 Å². The zero-order valence-electron chi connectivity index (χ0n) is 10.8. The maximum absolute atomic E-state index is 11.6. The summed E-state index contributed by atoms with van der Waals surface area (Å²) in [5, 5.41) is 13.6. The number of thiophene rings is 1. The monoisotopic (exact) mass is 286 g/mol. The molecule has 1 aromatic heterocycles. The Bertz CT molecular complexity index is 420. The van der Waals surface area contributed by atoms with Crippen LogP contribution in [0.3, 0.4) is 0 Å². The Hall–Kier alpha value is -1.44. The smallest absolute Gasteiger partial charge is 0.261 e. The summed E-state index contributed by atoms with van der Waals surface area (Å²) in [6.45, 7) is 2.77. The van der Waals surface area contributed by atoms with E-state index in [1.807, 2.05) is 13.0 Å². The van der Waals surface area contributed by atoms with E-state index in [4.69, 9.17) is 9.84 Å². The van der Waals surface area contributed by atoms with Crippen LogP contribution in [0.2, 0.25) is 0 Å². The van der Waals surface area contributed by atoms with Crippen LogP contribution >= 0.6 is 11.3 Å². The molecule has 0 aromatic carbocycles. The van der Waals surface area contributed by atoms with Crippen molar-refractivity contribution < 1.29 is 19.4 Å². The quantitative estimate of drug-likeness (QED) is 0.583. The molecule has 0 saturated carbocycles. The van der Waals surface area contributed by atoms with Gasteiger partial charge in [0.1, 0.15) is 0 Å². The summed E-state index contributed by atoms with van der Waals surface area (Å²) >= 11 is 1.39. The Kier molecular flexibility index (Phi) is 7.09. The Morgan fingerprint density at radius 1 is 1.32 bits per heavy atom. The van der Waals surface area contributed by atoms with E-state index in [0.29, 0.717) is 18.0 Å². The predicted octanol–water partition coefficient (Wildman–Crippen LogP) is -0.0886. The lowest BCUT2D eigenvalue weighted by Crippen LogP contribution is -2.38. The second-order valence-corrected chi connectivity index (χ2v) is 5.07. The summed E-state index contributed by atoms with van der Waals surface area (Å²) in [4.78, 5) is 24.7. The molecule has 0 atom stereocenters. The fraction of sp³-hybridized carbons (Fsp3) is 0.500. The Morgan fingerprint density at radius 3 is 2.74 bits per heavy atom. The third kappa shape index (κ3) is 6.32. The molecule has 1 aromatic rings. The third-order valence-corrected chi connectivity index (χ3v) is 3.18. The van der Waals surface area contributed by atoms with Gasteiger partial charge in [-0.2, -0.15) is 0 Å². The first-order chi connectivity index (χ1) is 9.13. The van der Waals surface area contributed by atoms with Gasteiger partial charge >= 0.3 is 0 Å². The van der Waals surface area contributed by atoms with Crippen LogP contribution in [-0.2, 0) is 9.53 Å². The number of aliphatic hydroxyl groups excluding tert-OH is 1. The molecule has 0 spiro atoms. The van der Waals surface area contributed by atoms with Crippen molar-refractivity contribution in [2.45, 2.75) is 6.92 Å². The Labute approximate surface area is 115 Å². The molecule has 3 N–H and O–H groups in total. The average Bonchev–Trinajstić information content (AvgIpc) is 2.82. The molecule has 106 valence electrons. The highest BCUT2D eigenvalue weighted by molar-refractivity contribution is 7.13. The summed E-state index contributed by atoms with van der Waals surface area (Å²) < 4.78 is 4.98. The Balaban J connectivity index is 2.14. The molecule has 0 unspecified atom stereocenters. The van der Waals surface area contributed by atoms with Crippen LogP contribution in [0, 0.1) is 6.92 Å². The normalized spacial score (nSPS) is 10.2. The molecule has 2 amide bonds. The van der Waals surface area contributed by atoms with Crippen LogP contribution in [0.4, 0.5) is 0 Å². The van der Waals surface area contributed by atoms with Crippen molar-refractivity contribution in [2.75, 3.05) is 32.9 Å². The molecule has 0 radical (unpaired) electrons. The van der Waals surface area contributed by atoms with Crippen molar-refractivity contribution in [3.63, 3.8) is 0 Å². The SMILES string of the molecule is Cc1ccc(C(=O)NCC(=O)NCCOCCO)s1. The lowest BCUT2D eigenvalue weighted by atomic mass is 10.4. The van der Waals surface area contributed by atoms with Gasteiger partial charge < -0.3 is 20.5 Å². The maximum atomic E-state index is 11.6. The number of aliphatic hydroxyl groups is 1. The number of carbonyl (C=O) groups is 2. The molecule has 1 heterocycles. The number of nitrogens with one attached hydrogen (secondary N) is 2. The molecule has 0 aliphatic carbocycles. The minimum atomic E-state index is -0.269. The van der Waals surface area contributed by atoms with Gasteiger partial charge in [0.25, 0.3) is 5.91 Å². The van der Waals surface area contributed by atoms with Crippen LogP contribution in [0.1, 0.15) is 14.5 Å². The summed E-state index contributed by atoms with van der Waals surface area (Å²) in [6.07, 6.45) is 0. The van der Waals surface area contributed by atoms with E-state index in [1.54, 1.807) is 6.07 Å². The molecule has 0 bridgehead atoms. The van der Waals surface area contributed by atoms with E-state index in [0.717, 1.165) is 4.88 Å². The molecular weight excluding hydrogens is 268 g/mol. The van der Waals surface area contributed by atoms with E-state index >= 15 is 0 Å². The van der Waals surface area contributed by atoms with Gasteiger partial charge in [0.15, 0.2) is 0 Å². The van der Waals surface area contributed by atoms with Crippen LogP contribution in [0.25, 0.3) is 0 Å². The number of aryl methyl sites for hydroxylation is 1. The Morgan fingerprint density at radius 2 is 2.11 bits per heavy atom. The number of hydrogen-bond acceptors (Lipinski definition) is 5. The molecule has 0 aliphatic rings. The van der Waals surface area contributed by atoms with Gasteiger partial charge in [0.2, 0.25) is 5.91 Å². The van der Waals surface area contributed by atoms with Gasteiger partial charge in [0, 0.05) is 11.4 Å². The van der Waals surface area contributed by atoms with E-state index < -0.39 is 0 Å². The zero-order valence-corrected chi connectivity index (χ0v) is 11.6. The predicted molar refractivity (Wildman–Crippen MR) is 72.3 cm³/mol. The molecule has 7 heteroatoms. The molecule has 19 heavy (non-hydrogen) atoms. The summed E-state index contributed by atoms with van der Waals surface area (Å²) in [5.41, 5.74) is 0. The van der Waals surface area contributed by atoms with Crippen molar-refractivity contribution in [3.8, 4) is 0 Å². The van der Waals surface area contributed by atoms with Crippen LogP contribution < -0.4 is 10.6 Å². The fourth-order valence-electron chi connectivity index (χ4n) is 1.30. The van der Waals surface area contributed by atoms with Gasteiger partial charge in [0.05, 0.1) is 31.2 Å². The number of amides is 2. The van der Waals surface area contributed by atoms with E-state index in [-0.39, 0.29) is 31.6 Å². The van der Waals surface area contributed by atoms with Crippen LogP contribution in [0.15, 0.2) is 12.1 Å². The lowest BCUT2D eigenvalue weighted by Gasteiger charge is -2.06. The number of carbonyl (C=O) groups excluding carboxylic acids is 2. The first kappa shape index (κ1) is 15.6. The number of hydrogen-bond donors (Lipinski definition) is 3. The van der Waals surface area contributed by atoms with Crippen molar-refractivity contribution in [1.82, 2.24) is 10.6 Å². The van der Waals surface area contributed by atoms with Crippen molar-refractivity contribution in [2.24, 2.45) is 0 Å². The minimum Gasteiger partial charge on any atom is -0.394 e. The number of ether oxygens (including phenoxy) is 1. The highest BCUT2D eigenvalue weighted by Gasteiger charge is 2.09. The molecular formula is C12H18N2O4S. The largest absolute Gasteiger partial charge is 0.394 e. The second-order valence-electron chi connectivity index (χ2n) is 3.78. The van der Waals surface area contributed by atoms with Gasteiger partial charge in [-0.25, -0.2) is 0 Å². The highest BCUT2D eigenvalue weighted by Crippen LogP contribution is 2.14. The van der Waals surface area contributed by atoms with E-state index in [2.05, 4.69) is 10.6 Å². The summed E-state index contributed by atoms with van der Waals surface area (Å²) in [6, 6.07) is 3.59. The average molecular weight is 286 g/mol. The van der Waals surface area contributed by atoms with Crippen molar-refractivity contribution in [3.05, 3.63) is 21.9 Å². The van der Waals surface area contributed by atoms with Gasteiger partial charge in [-0.3, -0.25) is 9.59 Å². The summed E-state index contributed by atoms with van der Waals surface area (Å²) in [5.74, 6) is -0.515. The van der Waals surface area contributed by atoms with Crippen LogP contribution in [-0.4, -0.2) is 49.8 Å². The maximum Gasteiger partial charge on any atom is 0.261 e. The lowest BCUT2D eigenvalue weighted by molar-refractivity contribution is -0.120. The first-order valence-electron chi connectivity index (χ1n) is 5.93. The second kappa shape index (κ2) is 8.63. The minimum absolute atomic E-state index is 0.0375. The zero-order chi connectivity index (χ0) is 14.1. The van der Waals surface area contributed by atoms with Crippen molar-refractivity contribution in [1.29, 1.82) is 0 Å². The fourth-order valence-corrected chi connectivity index (χ4v) is 2.08. The molecule has 0 aliphatic heterocycles. The molecule has 0 saturated heterocycles. The summed E-state index contributed by atoms with van der Waals surface area (Å²) in [7, 11) is 0. The third-order valence-electron chi connectivity index (χ3n) is 2.18. The topological polar surface area (TPSA) is 87.7 Å².